The molecular weight excluding hydrogens is 368 g/mol. The maximum absolute atomic E-state index is 12.3. The van der Waals surface area contributed by atoms with E-state index in [0.717, 1.165) is 5.75 Å². The van der Waals surface area contributed by atoms with E-state index in [1.54, 1.807) is 36.4 Å². The molecule has 1 saturated heterocycles. The lowest BCUT2D eigenvalue weighted by molar-refractivity contribution is 0.102. The van der Waals surface area contributed by atoms with Crippen LogP contribution < -0.4 is 15.4 Å². The standard InChI is InChI=1S/C18H22N4O4S/c1-12(2)26-15-5-3-13(4-6-15)20-18(23)16-7-8-17(22-21-16)19-14-9-10-27(24,25)11-14/h3-8,12,14H,9-11H2,1-2H3,(H,19,22)(H,20,23). The summed E-state index contributed by atoms with van der Waals surface area (Å²) in [7, 11) is -2.97. The van der Waals surface area contributed by atoms with Crippen LogP contribution in [0.3, 0.4) is 0 Å². The smallest absolute Gasteiger partial charge is 0.276 e. The summed E-state index contributed by atoms with van der Waals surface area (Å²) < 4.78 is 28.5. The maximum Gasteiger partial charge on any atom is 0.276 e. The zero-order valence-corrected chi connectivity index (χ0v) is 16.0. The van der Waals surface area contributed by atoms with E-state index in [4.69, 9.17) is 4.74 Å². The lowest BCUT2D eigenvalue weighted by Crippen LogP contribution is -2.22. The van der Waals surface area contributed by atoms with E-state index in [9.17, 15) is 13.2 Å². The highest BCUT2D eigenvalue weighted by molar-refractivity contribution is 7.91. The second-order valence-corrected chi connectivity index (χ2v) is 8.92. The number of sulfone groups is 1. The van der Waals surface area contributed by atoms with Crippen molar-refractivity contribution in [3.8, 4) is 5.75 Å². The summed E-state index contributed by atoms with van der Waals surface area (Å²) >= 11 is 0. The minimum Gasteiger partial charge on any atom is -0.491 e. The Balaban J connectivity index is 1.57. The Labute approximate surface area is 158 Å². The molecule has 0 saturated carbocycles. The molecule has 3 rings (SSSR count). The van der Waals surface area contributed by atoms with Crippen molar-refractivity contribution in [1.82, 2.24) is 10.2 Å². The maximum atomic E-state index is 12.3. The highest BCUT2D eigenvalue weighted by atomic mass is 32.2. The van der Waals surface area contributed by atoms with Crippen LogP contribution in [0.2, 0.25) is 0 Å². The number of hydrogen-bond donors (Lipinski definition) is 2. The van der Waals surface area contributed by atoms with Gasteiger partial charge in [0, 0.05) is 11.7 Å². The lowest BCUT2D eigenvalue weighted by atomic mass is 10.2. The van der Waals surface area contributed by atoms with Crippen molar-refractivity contribution < 1.29 is 17.9 Å². The fourth-order valence-corrected chi connectivity index (χ4v) is 4.41. The average molecular weight is 390 g/mol. The number of nitrogens with zero attached hydrogens (tertiary/aromatic N) is 2. The number of amides is 1. The number of benzene rings is 1. The van der Waals surface area contributed by atoms with Crippen LogP contribution in [-0.2, 0) is 9.84 Å². The molecule has 0 spiro atoms. The number of ether oxygens (including phenoxy) is 1. The summed E-state index contributed by atoms with van der Waals surface area (Å²) in [6.07, 6.45) is 0.625. The van der Waals surface area contributed by atoms with Crippen molar-refractivity contribution >= 4 is 27.2 Å². The molecule has 0 bridgehead atoms. The van der Waals surface area contributed by atoms with E-state index >= 15 is 0 Å². The van der Waals surface area contributed by atoms with Crippen LogP contribution in [0.15, 0.2) is 36.4 Å². The molecule has 27 heavy (non-hydrogen) atoms. The molecular formula is C18H22N4O4S. The van der Waals surface area contributed by atoms with Gasteiger partial charge in [0.1, 0.15) is 11.6 Å². The van der Waals surface area contributed by atoms with Crippen molar-refractivity contribution in [3.05, 3.63) is 42.1 Å². The van der Waals surface area contributed by atoms with Gasteiger partial charge >= 0.3 is 0 Å². The number of carbonyl (C=O) groups is 1. The fourth-order valence-electron chi connectivity index (χ4n) is 2.73. The van der Waals surface area contributed by atoms with E-state index in [0.29, 0.717) is 17.9 Å². The van der Waals surface area contributed by atoms with Crippen LogP contribution >= 0.6 is 0 Å². The molecule has 1 aromatic heterocycles. The summed E-state index contributed by atoms with van der Waals surface area (Å²) in [5, 5.41) is 13.7. The molecule has 0 aliphatic carbocycles. The van der Waals surface area contributed by atoms with Gasteiger partial charge in [-0.25, -0.2) is 8.42 Å². The molecule has 1 aliphatic rings. The van der Waals surface area contributed by atoms with Gasteiger partial charge in [-0.1, -0.05) is 0 Å². The number of hydrogen-bond acceptors (Lipinski definition) is 7. The summed E-state index contributed by atoms with van der Waals surface area (Å²) in [4.78, 5) is 12.3. The minimum atomic E-state index is -2.97. The highest BCUT2D eigenvalue weighted by Crippen LogP contribution is 2.18. The van der Waals surface area contributed by atoms with E-state index in [1.165, 1.54) is 0 Å². The van der Waals surface area contributed by atoms with Crippen LogP contribution in [0.1, 0.15) is 30.8 Å². The molecule has 0 radical (unpaired) electrons. The van der Waals surface area contributed by atoms with Crippen LogP contribution in [0.5, 0.6) is 5.75 Å². The number of carbonyl (C=O) groups excluding carboxylic acids is 1. The third kappa shape index (κ3) is 5.40. The van der Waals surface area contributed by atoms with Crippen molar-refractivity contribution in [1.29, 1.82) is 0 Å². The Morgan fingerprint density at radius 2 is 1.89 bits per heavy atom. The Morgan fingerprint density at radius 1 is 1.15 bits per heavy atom. The first-order valence-electron chi connectivity index (χ1n) is 8.69. The predicted molar refractivity (Wildman–Crippen MR) is 103 cm³/mol. The van der Waals surface area contributed by atoms with E-state index in [1.807, 2.05) is 13.8 Å². The van der Waals surface area contributed by atoms with Crippen LogP contribution in [0.25, 0.3) is 0 Å². The number of anilines is 2. The van der Waals surface area contributed by atoms with Gasteiger partial charge in [-0.15, -0.1) is 10.2 Å². The Kier molecular flexibility index (Phi) is 5.59. The second-order valence-electron chi connectivity index (χ2n) is 6.69. The largest absolute Gasteiger partial charge is 0.491 e. The van der Waals surface area contributed by atoms with Crippen LogP contribution in [0.4, 0.5) is 11.5 Å². The summed E-state index contributed by atoms with van der Waals surface area (Å²) in [6, 6.07) is 10.1. The Bertz CT molecular complexity index is 896. The number of nitrogens with one attached hydrogen (secondary N) is 2. The van der Waals surface area contributed by atoms with Gasteiger partial charge in [-0.2, -0.15) is 0 Å². The molecule has 1 aromatic carbocycles. The molecule has 144 valence electrons. The summed E-state index contributed by atoms with van der Waals surface area (Å²) in [6.45, 7) is 3.89. The third-order valence-electron chi connectivity index (χ3n) is 3.97. The van der Waals surface area contributed by atoms with E-state index < -0.39 is 9.84 Å². The van der Waals surface area contributed by atoms with Gasteiger partial charge in [0.05, 0.1) is 17.6 Å². The lowest BCUT2D eigenvalue weighted by Gasteiger charge is -2.11. The predicted octanol–water partition coefficient (Wildman–Crippen LogP) is 2.12. The molecule has 2 heterocycles. The topological polar surface area (TPSA) is 110 Å². The molecule has 9 heteroatoms. The van der Waals surface area contributed by atoms with Gasteiger partial charge in [0.25, 0.3) is 5.91 Å². The molecule has 2 N–H and O–H groups in total. The normalized spacial score (nSPS) is 18.3. The molecule has 1 unspecified atom stereocenters. The third-order valence-corrected chi connectivity index (χ3v) is 5.73. The molecule has 1 aliphatic heterocycles. The zero-order valence-electron chi connectivity index (χ0n) is 15.2. The SMILES string of the molecule is CC(C)Oc1ccc(NC(=O)c2ccc(NC3CCS(=O)(=O)C3)nn2)cc1. The zero-order chi connectivity index (χ0) is 19.4. The quantitative estimate of drug-likeness (QED) is 0.777. The van der Waals surface area contributed by atoms with Crippen molar-refractivity contribution in [2.24, 2.45) is 0 Å². The minimum absolute atomic E-state index is 0.0807. The summed E-state index contributed by atoms with van der Waals surface area (Å²) in [5.74, 6) is 1.07. The first kappa shape index (κ1) is 19.1. The van der Waals surface area contributed by atoms with Crippen molar-refractivity contribution in [2.75, 3.05) is 22.1 Å². The molecule has 1 amide bonds. The van der Waals surface area contributed by atoms with Gasteiger partial charge in [-0.3, -0.25) is 4.79 Å². The van der Waals surface area contributed by atoms with Gasteiger partial charge in [0.15, 0.2) is 15.5 Å². The Hall–Kier alpha value is -2.68. The second kappa shape index (κ2) is 7.91. The molecule has 8 nitrogen and oxygen atoms in total. The highest BCUT2D eigenvalue weighted by Gasteiger charge is 2.28. The van der Waals surface area contributed by atoms with Crippen molar-refractivity contribution in [2.45, 2.75) is 32.4 Å². The number of aromatic nitrogens is 2. The van der Waals surface area contributed by atoms with Gasteiger partial charge < -0.3 is 15.4 Å². The van der Waals surface area contributed by atoms with E-state index in [2.05, 4.69) is 20.8 Å². The monoisotopic (exact) mass is 390 g/mol. The van der Waals surface area contributed by atoms with Crippen LogP contribution in [0, 0.1) is 0 Å². The first-order valence-corrected chi connectivity index (χ1v) is 10.5. The molecule has 2 aromatic rings. The summed E-state index contributed by atoms with van der Waals surface area (Å²) in [5.41, 5.74) is 0.790. The first-order chi connectivity index (χ1) is 12.8. The molecule has 1 fully saturated rings. The molecule has 1 atom stereocenters. The van der Waals surface area contributed by atoms with E-state index in [-0.39, 0.29) is 35.3 Å². The van der Waals surface area contributed by atoms with Gasteiger partial charge in [-0.05, 0) is 56.7 Å². The Morgan fingerprint density at radius 3 is 2.44 bits per heavy atom. The van der Waals surface area contributed by atoms with Crippen molar-refractivity contribution in [3.63, 3.8) is 0 Å². The average Bonchev–Trinajstić information content (AvgIpc) is 2.95. The number of rotatable bonds is 6. The van der Waals surface area contributed by atoms with Crippen LogP contribution in [-0.4, -0.2) is 48.2 Å². The van der Waals surface area contributed by atoms with Gasteiger partial charge in [0.2, 0.25) is 0 Å². The fraction of sp³-hybridized carbons (Fsp3) is 0.389.